The highest BCUT2D eigenvalue weighted by Gasteiger charge is 2.47. The Balaban J connectivity index is 4.48. The van der Waals surface area contributed by atoms with E-state index in [0.717, 1.165) is 38.5 Å². The van der Waals surface area contributed by atoms with E-state index in [0.29, 0.717) is 6.42 Å². The first-order valence-electron chi connectivity index (χ1n) is 8.27. The number of unbranched alkanes of at least 4 members (excludes halogenated alkanes) is 6. The molecule has 0 saturated heterocycles. The zero-order valence-corrected chi connectivity index (χ0v) is 13.9. The van der Waals surface area contributed by atoms with Crippen molar-refractivity contribution in [1.82, 2.24) is 0 Å². The van der Waals surface area contributed by atoms with Gasteiger partial charge in [0.1, 0.15) is 0 Å². The van der Waals surface area contributed by atoms with E-state index in [-0.39, 0.29) is 6.42 Å². The lowest BCUT2D eigenvalue weighted by Gasteiger charge is -2.29. The highest BCUT2D eigenvalue weighted by atomic mass is 16.4. The molecule has 138 valence electrons. The lowest BCUT2D eigenvalue weighted by Crippen LogP contribution is -2.49. The molecule has 0 spiro atoms. The summed E-state index contributed by atoms with van der Waals surface area (Å²) < 4.78 is 0. The van der Waals surface area contributed by atoms with Crippen molar-refractivity contribution in [3.05, 3.63) is 12.7 Å². The highest BCUT2D eigenvalue weighted by molar-refractivity contribution is 5.86. The summed E-state index contributed by atoms with van der Waals surface area (Å²) in [5.41, 5.74) is -2.56. The van der Waals surface area contributed by atoms with Gasteiger partial charge >= 0.3 is 17.9 Å². The van der Waals surface area contributed by atoms with Crippen molar-refractivity contribution in [3.63, 3.8) is 0 Å². The predicted octanol–water partition coefficient (Wildman–Crippen LogP) is 2.67. The van der Waals surface area contributed by atoms with Crippen molar-refractivity contribution < 1.29 is 34.8 Å². The molecular formula is C17H28O7. The van der Waals surface area contributed by atoms with Crippen LogP contribution in [0.5, 0.6) is 0 Å². The third-order valence-corrected chi connectivity index (χ3v) is 4.12. The van der Waals surface area contributed by atoms with Crippen molar-refractivity contribution in [2.75, 3.05) is 0 Å². The molecule has 0 aromatic carbocycles. The van der Waals surface area contributed by atoms with Crippen molar-refractivity contribution in [2.24, 2.45) is 5.92 Å². The molecule has 0 radical (unpaired) electrons. The second kappa shape index (κ2) is 11.6. The molecule has 0 fully saturated rings. The summed E-state index contributed by atoms with van der Waals surface area (Å²) in [6, 6.07) is 0. The van der Waals surface area contributed by atoms with Crippen LogP contribution >= 0.6 is 0 Å². The molecule has 24 heavy (non-hydrogen) atoms. The van der Waals surface area contributed by atoms with Crippen LogP contribution in [0.4, 0.5) is 0 Å². The number of hydrogen-bond donors (Lipinski definition) is 4. The Morgan fingerprint density at radius 1 is 0.958 bits per heavy atom. The molecule has 0 aliphatic rings. The smallest absolute Gasteiger partial charge is 0.336 e. The Bertz CT molecular complexity index is 433. The molecule has 0 aromatic heterocycles. The fraction of sp³-hybridized carbons (Fsp3) is 0.706. The second-order valence-electron chi connectivity index (χ2n) is 6.00. The Kier molecular flexibility index (Phi) is 10.7. The number of aliphatic carboxylic acids is 3. The monoisotopic (exact) mass is 344 g/mol. The van der Waals surface area contributed by atoms with Crippen LogP contribution in [-0.4, -0.2) is 43.9 Å². The van der Waals surface area contributed by atoms with E-state index < -0.39 is 42.3 Å². The third-order valence-electron chi connectivity index (χ3n) is 4.12. The van der Waals surface area contributed by atoms with Gasteiger partial charge in [-0.25, -0.2) is 4.79 Å². The quantitative estimate of drug-likeness (QED) is 0.265. The zero-order chi connectivity index (χ0) is 18.6. The van der Waals surface area contributed by atoms with Gasteiger partial charge in [-0.3, -0.25) is 9.59 Å². The highest BCUT2D eigenvalue weighted by Crippen LogP contribution is 2.29. The van der Waals surface area contributed by atoms with Crippen LogP contribution in [0.2, 0.25) is 0 Å². The van der Waals surface area contributed by atoms with Gasteiger partial charge in [0.05, 0.1) is 5.92 Å². The van der Waals surface area contributed by atoms with Gasteiger partial charge in [-0.05, 0) is 25.7 Å². The van der Waals surface area contributed by atoms with Crippen molar-refractivity contribution in [2.45, 2.75) is 69.8 Å². The number of carbonyl (C=O) groups is 3. The van der Waals surface area contributed by atoms with Crippen molar-refractivity contribution in [1.29, 1.82) is 0 Å². The molecule has 0 bridgehead atoms. The van der Waals surface area contributed by atoms with Gasteiger partial charge in [-0.1, -0.05) is 38.2 Å². The maximum absolute atomic E-state index is 11.4. The van der Waals surface area contributed by atoms with Gasteiger partial charge in [0.2, 0.25) is 0 Å². The van der Waals surface area contributed by atoms with Gasteiger partial charge in [0.25, 0.3) is 0 Å². The van der Waals surface area contributed by atoms with Gasteiger partial charge < -0.3 is 20.4 Å². The summed E-state index contributed by atoms with van der Waals surface area (Å²) in [6.45, 7) is 3.64. The summed E-state index contributed by atoms with van der Waals surface area (Å²) in [5.74, 6) is -5.91. The number of aliphatic hydroxyl groups is 1. The molecule has 0 aromatic rings. The summed E-state index contributed by atoms with van der Waals surface area (Å²) in [7, 11) is 0. The first-order valence-corrected chi connectivity index (χ1v) is 8.27. The Hall–Kier alpha value is -1.89. The number of allylic oxidation sites excluding steroid dienone is 1. The maximum Gasteiger partial charge on any atom is 0.336 e. The standard InChI is InChI=1S/C17H28O7/c1-2-3-4-5-6-7-8-9-10-13(15(20)21)17(24,16(22)23)12-11-14(18)19/h2,13,24H,1,3-12H2,(H,18,19)(H,20,21)(H,22,23)/t13-,17+/m1/s1. The number of carboxylic acid groups (broad SMARTS) is 3. The third kappa shape index (κ3) is 8.10. The summed E-state index contributed by atoms with van der Waals surface area (Å²) >= 11 is 0. The molecule has 0 aliphatic carbocycles. The minimum Gasteiger partial charge on any atom is -0.481 e. The van der Waals surface area contributed by atoms with Crippen LogP contribution in [0.15, 0.2) is 12.7 Å². The number of hydrogen-bond acceptors (Lipinski definition) is 4. The van der Waals surface area contributed by atoms with E-state index in [4.69, 9.17) is 5.11 Å². The number of carboxylic acids is 3. The summed E-state index contributed by atoms with van der Waals surface area (Å²) in [6.07, 6.45) is 6.86. The molecule has 0 heterocycles. The summed E-state index contributed by atoms with van der Waals surface area (Å²) in [5, 5.41) is 37.3. The predicted molar refractivity (Wildman–Crippen MR) is 87.7 cm³/mol. The average Bonchev–Trinajstić information content (AvgIpc) is 2.50. The van der Waals surface area contributed by atoms with Crippen LogP contribution in [0.1, 0.15) is 64.2 Å². The van der Waals surface area contributed by atoms with Gasteiger partial charge in [0, 0.05) is 6.42 Å². The maximum atomic E-state index is 11.4. The molecule has 2 atom stereocenters. The Morgan fingerprint density at radius 3 is 1.96 bits per heavy atom. The van der Waals surface area contributed by atoms with E-state index in [1.807, 2.05) is 6.08 Å². The Morgan fingerprint density at radius 2 is 1.50 bits per heavy atom. The lowest BCUT2D eigenvalue weighted by molar-refractivity contribution is -0.176. The van der Waals surface area contributed by atoms with Gasteiger partial charge in [-0.15, -0.1) is 6.58 Å². The zero-order valence-electron chi connectivity index (χ0n) is 13.9. The molecule has 7 heteroatoms. The van der Waals surface area contributed by atoms with Crippen molar-refractivity contribution in [3.8, 4) is 0 Å². The molecule has 0 saturated carbocycles. The van der Waals surface area contributed by atoms with E-state index in [2.05, 4.69) is 6.58 Å². The van der Waals surface area contributed by atoms with E-state index >= 15 is 0 Å². The summed E-state index contributed by atoms with van der Waals surface area (Å²) in [4.78, 5) is 33.3. The SMILES string of the molecule is C=CCCCCCCCC[C@H](C(=O)O)[C@@](O)(CCC(=O)O)C(=O)O. The molecule has 0 amide bonds. The molecule has 4 N–H and O–H groups in total. The number of rotatable bonds is 15. The van der Waals surface area contributed by atoms with E-state index in [1.54, 1.807) is 0 Å². The first kappa shape index (κ1) is 22.1. The first-order chi connectivity index (χ1) is 11.3. The van der Waals surface area contributed by atoms with Crippen LogP contribution in [-0.2, 0) is 14.4 Å². The van der Waals surface area contributed by atoms with E-state index in [1.165, 1.54) is 0 Å². The van der Waals surface area contributed by atoms with Crippen molar-refractivity contribution >= 4 is 17.9 Å². The van der Waals surface area contributed by atoms with Gasteiger partial charge in [-0.2, -0.15) is 0 Å². The molecule has 7 nitrogen and oxygen atoms in total. The molecule has 0 rings (SSSR count). The average molecular weight is 344 g/mol. The largest absolute Gasteiger partial charge is 0.481 e. The minimum absolute atomic E-state index is 0.00438. The molecule has 0 aliphatic heterocycles. The molecular weight excluding hydrogens is 316 g/mol. The normalized spacial score (nSPS) is 14.5. The fourth-order valence-corrected chi connectivity index (χ4v) is 2.64. The fourth-order valence-electron chi connectivity index (χ4n) is 2.64. The topological polar surface area (TPSA) is 132 Å². The Labute approximate surface area is 142 Å². The van der Waals surface area contributed by atoms with Crippen LogP contribution in [0.3, 0.4) is 0 Å². The molecule has 0 unspecified atom stereocenters. The van der Waals surface area contributed by atoms with E-state index in [9.17, 15) is 29.7 Å². The van der Waals surface area contributed by atoms with Crippen LogP contribution in [0.25, 0.3) is 0 Å². The van der Waals surface area contributed by atoms with Crippen LogP contribution in [0, 0.1) is 5.92 Å². The van der Waals surface area contributed by atoms with Gasteiger partial charge in [0.15, 0.2) is 5.60 Å². The lowest BCUT2D eigenvalue weighted by atomic mass is 9.80. The van der Waals surface area contributed by atoms with Crippen LogP contribution < -0.4 is 0 Å². The minimum atomic E-state index is -2.56. The second-order valence-corrected chi connectivity index (χ2v) is 6.00.